The van der Waals surface area contributed by atoms with Gasteiger partial charge in [-0.2, -0.15) is 0 Å². The third kappa shape index (κ3) is 3.52. The van der Waals surface area contributed by atoms with Crippen molar-refractivity contribution in [3.05, 3.63) is 23.3 Å². The molecule has 0 saturated carbocycles. The Morgan fingerprint density at radius 3 is 2.38 bits per heavy atom. The Bertz CT molecular complexity index is 956. The molecule has 1 aliphatic carbocycles. The van der Waals surface area contributed by atoms with Gasteiger partial charge >= 0.3 is 6.09 Å². The molecule has 10 nitrogen and oxygen atoms in total. The first-order valence-corrected chi connectivity index (χ1v) is 10.9. The predicted molar refractivity (Wildman–Crippen MR) is 112 cm³/mol. The predicted octanol–water partition coefficient (Wildman–Crippen LogP) is 0.00490. The number of imide groups is 2. The zero-order valence-electron chi connectivity index (χ0n) is 18.4. The van der Waals surface area contributed by atoms with Gasteiger partial charge in [-0.1, -0.05) is 32.9 Å². The fraction of sp³-hybridized carbons (Fsp3) is 0.591. The number of nitrogens with one attached hydrogen (secondary N) is 3. The van der Waals surface area contributed by atoms with Crippen LogP contribution >= 0.6 is 0 Å². The number of nitrogens with zero attached hydrogens (tertiary/aromatic N) is 1. The lowest BCUT2D eigenvalue weighted by Gasteiger charge is -2.50. The van der Waals surface area contributed by atoms with E-state index in [1.54, 1.807) is 12.2 Å². The van der Waals surface area contributed by atoms with Crippen LogP contribution in [-0.4, -0.2) is 66.4 Å². The number of hydrogen-bond donors (Lipinski definition) is 3. The van der Waals surface area contributed by atoms with Gasteiger partial charge in [0.25, 0.3) is 5.91 Å². The largest absolute Gasteiger partial charge is 0.436 e. The van der Waals surface area contributed by atoms with Gasteiger partial charge in [-0.25, -0.2) is 4.79 Å². The van der Waals surface area contributed by atoms with E-state index in [4.69, 9.17) is 4.74 Å². The molecule has 4 rings (SSSR count). The molecule has 3 fully saturated rings. The summed E-state index contributed by atoms with van der Waals surface area (Å²) in [5, 5.41) is 7.79. The van der Waals surface area contributed by atoms with Crippen molar-refractivity contribution >= 4 is 29.7 Å². The van der Waals surface area contributed by atoms with E-state index < -0.39 is 52.6 Å². The van der Waals surface area contributed by atoms with Crippen LogP contribution in [0.15, 0.2) is 23.3 Å². The average molecular weight is 444 g/mol. The number of carbonyl (C=O) groups excluding carboxylic acids is 5. The van der Waals surface area contributed by atoms with Crippen LogP contribution in [0.5, 0.6) is 0 Å². The van der Waals surface area contributed by atoms with Crippen LogP contribution in [0, 0.1) is 17.3 Å². The Hall–Kier alpha value is -3.01. The molecule has 3 atom stereocenters. The molecule has 0 aromatic carbocycles. The van der Waals surface area contributed by atoms with Crippen molar-refractivity contribution < 1.29 is 28.7 Å². The summed E-state index contributed by atoms with van der Waals surface area (Å²) in [5.74, 6) is -4.41. The first-order chi connectivity index (χ1) is 15.1. The maximum atomic E-state index is 13.3. The third-order valence-corrected chi connectivity index (χ3v) is 6.55. The highest BCUT2D eigenvalue weighted by Gasteiger charge is 2.64. The highest BCUT2D eigenvalue weighted by molar-refractivity contribution is 6.16. The monoisotopic (exact) mass is 444 g/mol. The van der Waals surface area contributed by atoms with Gasteiger partial charge in [-0.3, -0.25) is 29.8 Å². The number of piperazine rings is 1. The minimum atomic E-state index is -1.73. The number of piperidine rings is 1. The van der Waals surface area contributed by atoms with E-state index in [-0.39, 0.29) is 18.4 Å². The molecule has 32 heavy (non-hydrogen) atoms. The SMILES string of the molecule is CC(C)(C)C1=CC=C2C(=O)NC(=O)C2C1(OC(=O)N1CCNCC1)C1CCC(=O)NC1=O. The number of ether oxygens (including phenoxy) is 1. The second-order valence-corrected chi connectivity index (χ2v) is 9.61. The van der Waals surface area contributed by atoms with Crippen LogP contribution < -0.4 is 16.0 Å². The van der Waals surface area contributed by atoms with Gasteiger partial charge < -0.3 is 15.0 Å². The lowest BCUT2D eigenvalue weighted by Crippen LogP contribution is -2.63. The second kappa shape index (κ2) is 7.84. The molecule has 10 heteroatoms. The molecule has 0 aromatic rings. The van der Waals surface area contributed by atoms with Gasteiger partial charge in [0.2, 0.25) is 17.7 Å². The Balaban J connectivity index is 1.88. The third-order valence-electron chi connectivity index (χ3n) is 6.55. The number of hydrogen-bond acceptors (Lipinski definition) is 7. The molecule has 0 bridgehead atoms. The first kappa shape index (κ1) is 22.2. The Kier molecular flexibility index (Phi) is 5.44. The van der Waals surface area contributed by atoms with Crippen LogP contribution in [0.2, 0.25) is 0 Å². The zero-order chi connectivity index (χ0) is 23.3. The van der Waals surface area contributed by atoms with E-state index in [2.05, 4.69) is 16.0 Å². The summed E-state index contributed by atoms with van der Waals surface area (Å²) in [7, 11) is 0. The fourth-order valence-corrected chi connectivity index (χ4v) is 5.15. The minimum absolute atomic E-state index is 0.0437. The highest BCUT2D eigenvalue weighted by Crippen LogP contribution is 2.53. The van der Waals surface area contributed by atoms with E-state index in [0.717, 1.165) is 0 Å². The van der Waals surface area contributed by atoms with E-state index in [1.165, 1.54) is 4.90 Å². The number of carbonyl (C=O) groups is 5. The summed E-state index contributed by atoms with van der Waals surface area (Å²) in [6.45, 7) is 7.70. The molecule has 0 spiro atoms. The van der Waals surface area contributed by atoms with E-state index in [0.29, 0.717) is 31.8 Å². The summed E-state index contributed by atoms with van der Waals surface area (Å²) >= 11 is 0. The van der Waals surface area contributed by atoms with Gasteiger partial charge in [0.05, 0.1) is 5.92 Å². The molecular formula is C22H28N4O6. The fourth-order valence-electron chi connectivity index (χ4n) is 5.15. The Morgan fingerprint density at radius 1 is 1.06 bits per heavy atom. The standard InChI is InChI=1S/C22H28N4O6/c1-21(2,3)14-6-4-12-16(19(30)25-17(12)28)22(14,13-5-7-15(27)24-18(13)29)32-20(31)26-10-8-23-9-11-26/h4,6,13,16,23H,5,7-11H2,1-3H3,(H,24,27,29)(H,25,28,30). The van der Waals surface area contributed by atoms with Gasteiger partial charge in [-0.15, -0.1) is 0 Å². The summed E-state index contributed by atoms with van der Waals surface area (Å²) in [4.78, 5) is 65.5. The summed E-state index contributed by atoms with van der Waals surface area (Å²) in [5.41, 5.74) is -1.63. The normalized spacial score (nSPS) is 30.8. The summed E-state index contributed by atoms with van der Waals surface area (Å²) < 4.78 is 6.20. The maximum absolute atomic E-state index is 13.3. The lowest BCUT2D eigenvalue weighted by atomic mass is 9.59. The molecule has 5 amide bonds. The second-order valence-electron chi connectivity index (χ2n) is 9.61. The average Bonchev–Trinajstić information content (AvgIpc) is 3.02. The smallest absolute Gasteiger partial charge is 0.410 e. The highest BCUT2D eigenvalue weighted by atomic mass is 16.6. The van der Waals surface area contributed by atoms with Crippen molar-refractivity contribution in [2.24, 2.45) is 17.3 Å². The summed E-state index contributed by atoms with van der Waals surface area (Å²) in [6, 6.07) is 0. The molecule has 4 aliphatic rings. The first-order valence-electron chi connectivity index (χ1n) is 10.9. The van der Waals surface area contributed by atoms with Crippen LogP contribution in [0.25, 0.3) is 0 Å². The van der Waals surface area contributed by atoms with Crippen molar-refractivity contribution in [3.8, 4) is 0 Å². The van der Waals surface area contributed by atoms with Crippen LogP contribution in [-0.2, 0) is 23.9 Å². The maximum Gasteiger partial charge on any atom is 0.410 e. The van der Waals surface area contributed by atoms with Crippen molar-refractivity contribution in [2.45, 2.75) is 39.2 Å². The van der Waals surface area contributed by atoms with Gasteiger partial charge in [-0.05, 0) is 17.4 Å². The van der Waals surface area contributed by atoms with Gasteiger partial charge in [0.15, 0.2) is 5.60 Å². The molecule has 3 unspecified atom stereocenters. The number of fused-ring (bicyclic) bond motifs is 1. The molecule has 172 valence electrons. The van der Waals surface area contributed by atoms with E-state index in [1.807, 2.05) is 20.8 Å². The topological polar surface area (TPSA) is 134 Å². The lowest BCUT2D eigenvalue weighted by molar-refractivity contribution is -0.149. The number of amides is 5. The van der Waals surface area contributed by atoms with Gasteiger partial charge in [0.1, 0.15) is 5.92 Å². The Morgan fingerprint density at radius 2 is 1.75 bits per heavy atom. The van der Waals surface area contributed by atoms with Crippen LogP contribution in [0.1, 0.15) is 33.6 Å². The molecular weight excluding hydrogens is 416 g/mol. The zero-order valence-corrected chi connectivity index (χ0v) is 18.4. The van der Waals surface area contributed by atoms with Crippen molar-refractivity contribution in [2.75, 3.05) is 26.2 Å². The van der Waals surface area contributed by atoms with Crippen LogP contribution in [0.3, 0.4) is 0 Å². The molecule has 3 heterocycles. The summed E-state index contributed by atoms with van der Waals surface area (Å²) in [6.07, 6.45) is 2.73. The molecule has 3 aliphatic heterocycles. The minimum Gasteiger partial charge on any atom is -0.436 e. The van der Waals surface area contributed by atoms with Crippen LogP contribution in [0.4, 0.5) is 4.79 Å². The van der Waals surface area contributed by atoms with Crippen molar-refractivity contribution in [1.82, 2.24) is 20.9 Å². The van der Waals surface area contributed by atoms with E-state index in [9.17, 15) is 24.0 Å². The molecule has 0 aromatic heterocycles. The molecule has 0 radical (unpaired) electrons. The number of rotatable bonds is 2. The number of allylic oxidation sites excluding steroid dienone is 2. The molecule has 3 N–H and O–H groups in total. The van der Waals surface area contributed by atoms with Gasteiger partial charge in [0, 0.05) is 38.2 Å². The van der Waals surface area contributed by atoms with E-state index >= 15 is 0 Å². The molecule has 3 saturated heterocycles. The van der Waals surface area contributed by atoms with Crippen molar-refractivity contribution in [1.29, 1.82) is 0 Å². The van der Waals surface area contributed by atoms with Crippen molar-refractivity contribution in [3.63, 3.8) is 0 Å². The quantitative estimate of drug-likeness (QED) is 0.511. The Labute approximate surface area is 185 Å².